The van der Waals surface area contributed by atoms with E-state index in [2.05, 4.69) is 17.0 Å². The van der Waals surface area contributed by atoms with Gasteiger partial charge >= 0.3 is 5.97 Å². The number of ether oxygens (including phenoxy) is 1. The molecule has 3 atom stereocenters. The van der Waals surface area contributed by atoms with Crippen LogP contribution >= 0.6 is 0 Å². The molecule has 3 rings (SSSR count). The Bertz CT molecular complexity index is 514. The van der Waals surface area contributed by atoms with Crippen LogP contribution in [0.2, 0.25) is 0 Å². The zero-order valence-electron chi connectivity index (χ0n) is 13.2. The largest absolute Gasteiger partial charge is 0.494 e. The van der Waals surface area contributed by atoms with Crippen LogP contribution in [0.5, 0.6) is 5.75 Å². The molecule has 4 heteroatoms. The van der Waals surface area contributed by atoms with E-state index in [1.165, 1.54) is 24.8 Å². The number of benzene rings is 1. The first kappa shape index (κ1) is 15.3. The molecule has 1 aliphatic carbocycles. The lowest BCUT2D eigenvalue weighted by Crippen LogP contribution is -2.41. The summed E-state index contributed by atoms with van der Waals surface area (Å²) >= 11 is 0. The molecule has 2 aliphatic rings. The monoisotopic (exact) mass is 303 g/mol. The van der Waals surface area contributed by atoms with E-state index >= 15 is 0 Å². The van der Waals surface area contributed by atoms with Gasteiger partial charge in [0.25, 0.3) is 0 Å². The third-order valence-corrected chi connectivity index (χ3v) is 5.11. The highest BCUT2D eigenvalue weighted by molar-refractivity contribution is 5.74. The molecular weight excluding hydrogens is 278 g/mol. The van der Waals surface area contributed by atoms with Crippen molar-refractivity contribution >= 4 is 5.97 Å². The minimum Gasteiger partial charge on any atom is -0.494 e. The summed E-state index contributed by atoms with van der Waals surface area (Å²) in [5.74, 6) is 0.774. The van der Waals surface area contributed by atoms with Crippen LogP contribution in [0.25, 0.3) is 0 Å². The number of likely N-dealkylation sites (tertiary alicyclic amines) is 1. The molecule has 1 aromatic rings. The first-order chi connectivity index (χ1) is 10.7. The average Bonchev–Trinajstić information content (AvgIpc) is 2.89. The maximum atomic E-state index is 11.6. The highest BCUT2D eigenvalue weighted by Gasteiger charge is 2.44. The summed E-state index contributed by atoms with van der Waals surface area (Å²) in [7, 11) is 0. The number of carbonyl (C=O) groups is 1. The van der Waals surface area contributed by atoms with Gasteiger partial charge in [-0.25, -0.2) is 0 Å². The Balaban J connectivity index is 1.74. The summed E-state index contributed by atoms with van der Waals surface area (Å²) < 4.78 is 5.47. The molecule has 2 fully saturated rings. The molecule has 3 unspecified atom stereocenters. The molecule has 0 amide bonds. The Morgan fingerprint density at radius 3 is 2.68 bits per heavy atom. The van der Waals surface area contributed by atoms with E-state index in [1.54, 1.807) is 0 Å². The topological polar surface area (TPSA) is 49.8 Å². The molecule has 1 N–H and O–H groups in total. The average molecular weight is 303 g/mol. The van der Waals surface area contributed by atoms with Gasteiger partial charge in [0.2, 0.25) is 0 Å². The number of hydrogen-bond acceptors (Lipinski definition) is 3. The lowest BCUT2D eigenvalue weighted by molar-refractivity contribution is -0.142. The van der Waals surface area contributed by atoms with Crippen molar-refractivity contribution in [2.45, 2.75) is 57.7 Å². The highest BCUT2D eigenvalue weighted by Crippen LogP contribution is 2.40. The molecule has 0 bridgehead atoms. The Labute approximate surface area is 132 Å². The molecule has 1 saturated carbocycles. The highest BCUT2D eigenvalue weighted by atomic mass is 16.5. The molecule has 1 aromatic carbocycles. The maximum absolute atomic E-state index is 11.6. The van der Waals surface area contributed by atoms with Crippen molar-refractivity contribution < 1.29 is 14.6 Å². The number of fused-ring (bicyclic) bond motifs is 1. The van der Waals surface area contributed by atoms with Gasteiger partial charge in [-0.2, -0.15) is 0 Å². The number of nitrogens with zero attached hydrogens (tertiary/aromatic N) is 1. The van der Waals surface area contributed by atoms with E-state index in [-0.39, 0.29) is 6.04 Å². The van der Waals surface area contributed by atoms with Crippen LogP contribution in [0.15, 0.2) is 24.3 Å². The van der Waals surface area contributed by atoms with Gasteiger partial charge < -0.3 is 9.84 Å². The van der Waals surface area contributed by atoms with Gasteiger partial charge in [0.05, 0.1) is 6.61 Å². The lowest BCUT2D eigenvalue weighted by Gasteiger charge is -2.33. The van der Waals surface area contributed by atoms with Crippen LogP contribution < -0.4 is 4.74 Å². The van der Waals surface area contributed by atoms with Crippen LogP contribution in [0.1, 0.15) is 44.6 Å². The van der Waals surface area contributed by atoms with Gasteiger partial charge in [-0.1, -0.05) is 25.0 Å². The van der Waals surface area contributed by atoms with Crippen molar-refractivity contribution in [3.05, 3.63) is 29.8 Å². The number of rotatable bonds is 5. The second kappa shape index (κ2) is 6.69. The summed E-state index contributed by atoms with van der Waals surface area (Å²) in [6.45, 7) is 3.36. The van der Waals surface area contributed by atoms with Gasteiger partial charge in [-0.15, -0.1) is 0 Å². The van der Waals surface area contributed by atoms with Crippen molar-refractivity contribution in [1.29, 1.82) is 0 Å². The second-order valence-electron chi connectivity index (χ2n) is 6.45. The second-order valence-corrected chi connectivity index (χ2v) is 6.45. The number of carboxylic acids is 1. The minimum atomic E-state index is -0.666. The van der Waals surface area contributed by atoms with E-state index in [0.717, 1.165) is 25.1 Å². The Morgan fingerprint density at radius 1 is 1.27 bits per heavy atom. The fourth-order valence-electron chi connectivity index (χ4n) is 4.09. The van der Waals surface area contributed by atoms with Crippen LogP contribution in [-0.2, 0) is 11.3 Å². The van der Waals surface area contributed by atoms with Gasteiger partial charge in [-0.05, 0) is 49.8 Å². The smallest absolute Gasteiger partial charge is 0.320 e. The van der Waals surface area contributed by atoms with Gasteiger partial charge in [0, 0.05) is 12.6 Å². The predicted molar refractivity (Wildman–Crippen MR) is 84.9 cm³/mol. The number of aliphatic carboxylic acids is 1. The van der Waals surface area contributed by atoms with E-state index in [4.69, 9.17) is 4.74 Å². The molecule has 0 radical (unpaired) electrons. The van der Waals surface area contributed by atoms with E-state index in [9.17, 15) is 9.90 Å². The van der Waals surface area contributed by atoms with Crippen LogP contribution in [0.3, 0.4) is 0 Å². The lowest BCUT2D eigenvalue weighted by atomic mass is 9.84. The summed E-state index contributed by atoms with van der Waals surface area (Å²) in [6, 6.07) is 8.19. The third kappa shape index (κ3) is 3.12. The van der Waals surface area contributed by atoms with Crippen molar-refractivity contribution in [3.63, 3.8) is 0 Å². The molecule has 1 saturated heterocycles. The van der Waals surface area contributed by atoms with Crippen molar-refractivity contribution in [2.75, 3.05) is 6.61 Å². The van der Waals surface area contributed by atoms with Crippen molar-refractivity contribution in [1.82, 2.24) is 4.90 Å². The molecular formula is C18H25NO3. The quantitative estimate of drug-likeness (QED) is 0.906. The first-order valence-electron chi connectivity index (χ1n) is 8.39. The Hall–Kier alpha value is -1.55. The molecule has 0 spiro atoms. The molecule has 1 heterocycles. The van der Waals surface area contributed by atoms with Crippen LogP contribution in [-0.4, -0.2) is 34.7 Å². The number of hydrogen-bond donors (Lipinski definition) is 1. The third-order valence-electron chi connectivity index (χ3n) is 5.11. The zero-order valence-corrected chi connectivity index (χ0v) is 13.2. The summed E-state index contributed by atoms with van der Waals surface area (Å²) in [4.78, 5) is 13.8. The van der Waals surface area contributed by atoms with Gasteiger partial charge in [0.15, 0.2) is 0 Å². The first-order valence-corrected chi connectivity index (χ1v) is 8.39. The standard InChI is InChI=1S/C18H25NO3/c1-2-22-15-9-7-13(8-10-15)12-19-16-6-4-3-5-14(16)11-17(19)18(20)21/h7-10,14,16-17H,2-6,11-12H2,1H3,(H,20,21). The molecule has 4 nitrogen and oxygen atoms in total. The molecule has 0 aromatic heterocycles. The fourth-order valence-corrected chi connectivity index (χ4v) is 4.09. The summed E-state index contributed by atoms with van der Waals surface area (Å²) in [5.41, 5.74) is 1.17. The van der Waals surface area contributed by atoms with Crippen LogP contribution in [0.4, 0.5) is 0 Å². The van der Waals surface area contributed by atoms with Gasteiger partial charge in [0.1, 0.15) is 11.8 Å². The van der Waals surface area contributed by atoms with Crippen molar-refractivity contribution in [2.24, 2.45) is 5.92 Å². The SMILES string of the molecule is CCOc1ccc(CN2C(C(=O)O)CC3CCCCC32)cc1. The van der Waals surface area contributed by atoms with E-state index in [1.807, 2.05) is 19.1 Å². The summed E-state index contributed by atoms with van der Waals surface area (Å²) in [5, 5.41) is 9.56. The number of carboxylic acid groups (broad SMARTS) is 1. The van der Waals surface area contributed by atoms with E-state index in [0.29, 0.717) is 18.6 Å². The summed E-state index contributed by atoms with van der Waals surface area (Å²) in [6.07, 6.45) is 5.63. The molecule has 1 aliphatic heterocycles. The maximum Gasteiger partial charge on any atom is 0.320 e. The van der Waals surface area contributed by atoms with Gasteiger partial charge in [-0.3, -0.25) is 9.69 Å². The minimum absolute atomic E-state index is 0.320. The fraction of sp³-hybridized carbons (Fsp3) is 0.611. The molecule has 22 heavy (non-hydrogen) atoms. The van der Waals surface area contributed by atoms with E-state index < -0.39 is 5.97 Å². The molecule has 120 valence electrons. The Morgan fingerprint density at radius 2 is 2.00 bits per heavy atom. The Kier molecular flexibility index (Phi) is 4.67. The van der Waals surface area contributed by atoms with Crippen LogP contribution in [0, 0.1) is 5.92 Å². The predicted octanol–water partition coefficient (Wildman–Crippen LogP) is 3.30. The zero-order chi connectivity index (χ0) is 15.5. The normalized spacial score (nSPS) is 28.3. The van der Waals surface area contributed by atoms with Crippen molar-refractivity contribution in [3.8, 4) is 5.75 Å².